The molecule has 0 aliphatic carbocycles. The van der Waals surface area contributed by atoms with Crippen LogP contribution in [-0.4, -0.2) is 24.5 Å². The van der Waals surface area contributed by atoms with Gasteiger partial charge in [-0.3, -0.25) is 9.59 Å². The zero-order valence-corrected chi connectivity index (χ0v) is 14.8. The Balaban J connectivity index is 2.05. The first-order valence-electron chi connectivity index (χ1n) is 8.42. The fourth-order valence-electron chi connectivity index (χ4n) is 2.30. The lowest BCUT2D eigenvalue weighted by molar-refractivity contribution is -0.122. The van der Waals surface area contributed by atoms with Crippen LogP contribution in [0.2, 0.25) is 0 Å². The van der Waals surface area contributed by atoms with Gasteiger partial charge in [-0.15, -0.1) is 0 Å². The zero-order valence-electron chi connectivity index (χ0n) is 14.8. The molecule has 0 bridgehead atoms. The fraction of sp³-hybridized carbons (Fsp3) is 0.300. The van der Waals surface area contributed by atoms with Gasteiger partial charge in [0.15, 0.2) is 6.10 Å². The molecule has 0 unspecified atom stereocenters. The Kier molecular flexibility index (Phi) is 6.57. The van der Waals surface area contributed by atoms with Gasteiger partial charge in [-0.1, -0.05) is 31.2 Å². The average Bonchev–Trinajstić information content (AvgIpc) is 2.60. The van der Waals surface area contributed by atoms with Crippen LogP contribution in [0.1, 0.15) is 36.2 Å². The molecule has 2 N–H and O–H groups in total. The van der Waals surface area contributed by atoms with Crippen LogP contribution in [0.4, 0.5) is 5.69 Å². The molecule has 0 spiro atoms. The second kappa shape index (κ2) is 8.87. The summed E-state index contributed by atoms with van der Waals surface area (Å²) >= 11 is 0. The number of amides is 2. The van der Waals surface area contributed by atoms with E-state index in [4.69, 9.17) is 4.74 Å². The number of para-hydroxylation sites is 1. The smallest absolute Gasteiger partial charge is 0.265 e. The van der Waals surface area contributed by atoms with E-state index in [-0.39, 0.29) is 11.8 Å². The number of carbonyl (C=O) groups is 2. The van der Waals surface area contributed by atoms with Crippen molar-refractivity contribution >= 4 is 17.5 Å². The van der Waals surface area contributed by atoms with Crippen molar-refractivity contribution in [3.8, 4) is 5.75 Å². The highest BCUT2D eigenvalue weighted by Crippen LogP contribution is 2.18. The van der Waals surface area contributed by atoms with Gasteiger partial charge in [-0.05, 0) is 50.1 Å². The van der Waals surface area contributed by atoms with E-state index in [9.17, 15) is 9.59 Å². The van der Waals surface area contributed by atoms with Crippen molar-refractivity contribution in [2.45, 2.75) is 33.3 Å². The summed E-state index contributed by atoms with van der Waals surface area (Å²) in [5.74, 6) is 0.124. The number of benzene rings is 2. The number of hydrogen-bond acceptors (Lipinski definition) is 3. The molecule has 1 atom stereocenters. The normalized spacial score (nSPS) is 11.5. The minimum Gasteiger partial charge on any atom is -0.481 e. The summed E-state index contributed by atoms with van der Waals surface area (Å²) in [6.07, 6.45) is 0.162. The predicted octanol–water partition coefficient (Wildman–Crippen LogP) is 3.54. The summed E-state index contributed by atoms with van der Waals surface area (Å²) < 4.78 is 5.68. The average molecular weight is 340 g/mol. The molecule has 2 aromatic rings. The molecule has 0 heterocycles. The van der Waals surface area contributed by atoms with E-state index in [0.29, 0.717) is 23.5 Å². The molecule has 2 amide bonds. The van der Waals surface area contributed by atoms with Crippen molar-refractivity contribution in [3.05, 3.63) is 59.7 Å². The van der Waals surface area contributed by atoms with Crippen LogP contribution < -0.4 is 15.4 Å². The van der Waals surface area contributed by atoms with Crippen LogP contribution in [0.15, 0.2) is 48.5 Å². The summed E-state index contributed by atoms with van der Waals surface area (Å²) in [4.78, 5) is 24.6. The van der Waals surface area contributed by atoms with Gasteiger partial charge in [0.1, 0.15) is 5.75 Å². The number of anilines is 1. The van der Waals surface area contributed by atoms with Crippen molar-refractivity contribution in [3.63, 3.8) is 0 Å². The first-order chi connectivity index (χ1) is 12.0. The minimum absolute atomic E-state index is 0.204. The topological polar surface area (TPSA) is 67.4 Å². The van der Waals surface area contributed by atoms with E-state index < -0.39 is 6.10 Å². The molecule has 0 saturated heterocycles. The molecule has 2 aromatic carbocycles. The first kappa shape index (κ1) is 18.5. The summed E-state index contributed by atoms with van der Waals surface area (Å²) in [6, 6.07) is 14.5. The van der Waals surface area contributed by atoms with E-state index >= 15 is 0 Å². The van der Waals surface area contributed by atoms with Crippen LogP contribution >= 0.6 is 0 Å². The zero-order chi connectivity index (χ0) is 18.2. The number of aryl methyl sites for hydroxylation is 1. The van der Waals surface area contributed by atoms with Gasteiger partial charge >= 0.3 is 0 Å². The molecule has 0 aliphatic heterocycles. The highest BCUT2D eigenvalue weighted by Gasteiger charge is 2.18. The van der Waals surface area contributed by atoms with E-state index in [0.717, 1.165) is 12.0 Å². The van der Waals surface area contributed by atoms with Crippen molar-refractivity contribution in [2.24, 2.45) is 0 Å². The quantitative estimate of drug-likeness (QED) is 0.810. The van der Waals surface area contributed by atoms with E-state index in [2.05, 4.69) is 10.6 Å². The lowest BCUT2D eigenvalue weighted by Gasteiger charge is -2.16. The number of hydrogen-bond donors (Lipinski definition) is 2. The van der Waals surface area contributed by atoms with Crippen LogP contribution in [0, 0.1) is 6.92 Å². The Labute approximate surface area is 148 Å². The van der Waals surface area contributed by atoms with Gasteiger partial charge in [0.2, 0.25) is 0 Å². The third kappa shape index (κ3) is 5.35. The van der Waals surface area contributed by atoms with Gasteiger partial charge in [0, 0.05) is 6.54 Å². The molecule has 0 aliphatic rings. The summed E-state index contributed by atoms with van der Waals surface area (Å²) in [7, 11) is 0. The van der Waals surface area contributed by atoms with Crippen molar-refractivity contribution in [1.29, 1.82) is 0 Å². The van der Waals surface area contributed by atoms with Gasteiger partial charge in [-0.2, -0.15) is 0 Å². The Hall–Kier alpha value is -2.82. The summed E-state index contributed by atoms with van der Waals surface area (Å²) in [6.45, 7) is 6.21. The molecule has 0 aromatic heterocycles. The predicted molar refractivity (Wildman–Crippen MR) is 99.0 cm³/mol. The van der Waals surface area contributed by atoms with Crippen LogP contribution in [0.3, 0.4) is 0 Å². The molecule has 0 fully saturated rings. The molecule has 2 rings (SSSR count). The van der Waals surface area contributed by atoms with E-state index in [1.807, 2.05) is 38.1 Å². The molecular weight excluding hydrogens is 316 g/mol. The first-order valence-corrected chi connectivity index (χ1v) is 8.42. The maximum atomic E-state index is 12.4. The molecule has 0 saturated carbocycles. The van der Waals surface area contributed by atoms with Crippen molar-refractivity contribution in [1.82, 2.24) is 5.32 Å². The molecule has 0 radical (unpaired) electrons. The SMILES string of the molecule is CCCNC(=O)c1ccccc1NC(=O)[C@@H](C)Oc1cccc(C)c1. The van der Waals surface area contributed by atoms with Crippen molar-refractivity contribution in [2.75, 3.05) is 11.9 Å². The third-order valence-corrected chi connectivity index (χ3v) is 3.64. The molecule has 5 nitrogen and oxygen atoms in total. The van der Waals surface area contributed by atoms with Gasteiger partial charge in [-0.25, -0.2) is 0 Å². The lowest BCUT2D eigenvalue weighted by Crippen LogP contribution is -2.32. The highest BCUT2D eigenvalue weighted by molar-refractivity contribution is 6.04. The highest BCUT2D eigenvalue weighted by atomic mass is 16.5. The van der Waals surface area contributed by atoms with E-state index in [1.165, 1.54) is 0 Å². The minimum atomic E-state index is -0.687. The van der Waals surface area contributed by atoms with Gasteiger partial charge < -0.3 is 15.4 Å². The largest absolute Gasteiger partial charge is 0.481 e. The number of rotatable bonds is 7. The van der Waals surface area contributed by atoms with Crippen molar-refractivity contribution < 1.29 is 14.3 Å². The Bertz CT molecular complexity index is 743. The Morgan fingerprint density at radius 2 is 1.88 bits per heavy atom. The summed E-state index contributed by atoms with van der Waals surface area (Å²) in [5.41, 5.74) is 1.97. The number of nitrogens with one attached hydrogen (secondary N) is 2. The fourth-order valence-corrected chi connectivity index (χ4v) is 2.30. The van der Waals surface area contributed by atoms with Crippen LogP contribution in [-0.2, 0) is 4.79 Å². The third-order valence-electron chi connectivity index (χ3n) is 3.64. The monoisotopic (exact) mass is 340 g/mol. The molecule has 5 heteroatoms. The van der Waals surface area contributed by atoms with E-state index in [1.54, 1.807) is 31.2 Å². The Morgan fingerprint density at radius 1 is 1.12 bits per heavy atom. The molecule has 132 valence electrons. The molecule has 25 heavy (non-hydrogen) atoms. The summed E-state index contributed by atoms with van der Waals surface area (Å²) in [5, 5.41) is 5.59. The number of ether oxygens (including phenoxy) is 1. The standard InChI is InChI=1S/C20H24N2O3/c1-4-12-21-20(24)17-10-5-6-11-18(17)22-19(23)15(3)25-16-9-7-8-14(2)13-16/h5-11,13,15H,4,12H2,1-3H3,(H,21,24)(H,22,23)/t15-/m1/s1. The van der Waals surface area contributed by atoms with Crippen LogP contribution in [0.5, 0.6) is 5.75 Å². The second-order valence-electron chi connectivity index (χ2n) is 5.87. The van der Waals surface area contributed by atoms with Gasteiger partial charge in [0.25, 0.3) is 11.8 Å². The maximum absolute atomic E-state index is 12.4. The Morgan fingerprint density at radius 3 is 2.60 bits per heavy atom. The van der Waals surface area contributed by atoms with Gasteiger partial charge in [0.05, 0.1) is 11.3 Å². The molecular formula is C20H24N2O3. The van der Waals surface area contributed by atoms with Crippen LogP contribution in [0.25, 0.3) is 0 Å². The lowest BCUT2D eigenvalue weighted by atomic mass is 10.1. The number of carbonyl (C=O) groups excluding carboxylic acids is 2. The second-order valence-corrected chi connectivity index (χ2v) is 5.87. The maximum Gasteiger partial charge on any atom is 0.265 e.